The lowest BCUT2D eigenvalue weighted by atomic mass is 10.1. The molecule has 0 radical (unpaired) electrons. The van der Waals surface area contributed by atoms with Crippen LogP contribution in [0.3, 0.4) is 0 Å². The van der Waals surface area contributed by atoms with Crippen molar-refractivity contribution in [2.24, 2.45) is 0 Å². The molecule has 0 atom stereocenters. The van der Waals surface area contributed by atoms with Gasteiger partial charge in [-0.15, -0.1) is 0 Å². The molecule has 0 amide bonds. The molecule has 3 heteroatoms. The predicted molar refractivity (Wildman–Crippen MR) is 74.1 cm³/mol. The lowest BCUT2D eigenvalue weighted by Crippen LogP contribution is -1.93. The average molecular weight is 235 g/mol. The van der Waals surface area contributed by atoms with Gasteiger partial charge in [0.05, 0.1) is 23.1 Å². The fourth-order valence-corrected chi connectivity index (χ4v) is 1.93. The highest BCUT2D eigenvalue weighted by molar-refractivity contribution is 5.87. The maximum absolute atomic E-state index is 5.86. The molecule has 88 valence electrons. The molecule has 0 aliphatic heterocycles. The number of nitrogens with zero attached hydrogens (tertiary/aromatic N) is 2. The lowest BCUT2D eigenvalue weighted by Gasteiger charge is -2.04. The molecule has 3 rings (SSSR count). The maximum atomic E-state index is 5.86. The van der Waals surface area contributed by atoms with Gasteiger partial charge in [0.15, 0.2) is 0 Å². The number of aromatic nitrogens is 2. The van der Waals surface area contributed by atoms with E-state index in [1.165, 1.54) is 5.56 Å². The Morgan fingerprint density at radius 1 is 1.00 bits per heavy atom. The highest BCUT2D eigenvalue weighted by atomic mass is 14.8. The Balaban J connectivity index is 2.16. The highest BCUT2D eigenvalue weighted by Gasteiger charge is 2.04. The quantitative estimate of drug-likeness (QED) is 0.659. The number of aryl methyl sites for hydroxylation is 1. The first kappa shape index (κ1) is 10.7. The van der Waals surface area contributed by atoms with Gasteiger partial charge in [-0.05, 0) is 19.1 Å². The number of hydrogen-bond donors (Lipinski definition) is 1. The molecule has 2 aromatic carbocycles. The van der Waals surface area contributed by atoms with E-state index in [9.17, 15) is 0 Å². The van der Waals surface area contributed by atoms with E-state index in [1.807, 2.05) is 18.2 Å². The Bertz CT molecular complexity index is 703. The predicted octanol–water partition coefficient (Wildman–Crippen LogP) is 3.19. The molecule has 0 saturated carbocycles. The average Bonchev–Trinajstić information content (AvgIpc) is 2.39. The number of fused-ring (bicyclic) bond motifs is 1. The van der Waals surface area contributed by atoms with Gasteiger partial charge in [-0.25, -0.2) is 4.98 Å². The fraction of sp³-hybridized carbons (Fsp3) is 0.0667. The van der Waals surface area contributed by atoms with Gasteiger partial charge in [-0.3, -0.25) is 4.98 Å². The zero-order valence-corrected chi connectivity index (χ0v) is 10.1. The van der Waals surface area contributed by atoms with Gasteiger partial charge >= 0.3 is 0 Å². The Morgan fingerprint density at radius 3 is 2.56 bits per heavy atom. The van der Waals surface area contributed by atoms with E-state index < -0.39 is 0 Å². The van der Waals surface area contributed by atoms with Crippen LogP contribution in [-0.2, 0) is 0 Å². The zero-order chi connectivity index (χ0) is 12.5. The second-order valence-electron chi connectivity index (χ2n) is 4.34. The molecule has 0 aliphatic carbocycles. The summed E-state index contributed by atoms with van der Waals surface area (Å²) in [5.74, 6) is 0. The van der Waals surface area contributed by atoms with Crippen LogP contribution in [0.1, 0.15) is 5.56 Å². The Hall–Kier alpha value is -2.42. The second kappa shape index (κ2) is 4.11. The summed E-state index contributed by atoms with van der Waals surface area (Å²) in [5.41, 5.74) is 11.3. The summed E-state index contributed by atoms with van der Waals surface area (Å²) in [7, 11) is 0. The number of nitrogens with two attached hydrogens (primary N) is 1. The summed E-state index contributed by atoms with van der Waals surface area (Å²) in [4.78, 5) is 8.99. The van der Waals surface area contributed by atoms with Crippen molar-refractivity contribution in [1.29, 1.82) is 0 Å². The first-order chi connectivity index (χ1) is 8.74. The Labute approximate surface area is 105 Å². The molecular weight excluding hydrogens is 222 g/mol. The molecule has 0 spiro atoms. The van der Waals surface area contributed by atoms with E-state index in [1.54, 1.807) is 6.20 Å². The van der Waals surface area contributed by atoms with E-state index in [0.717, 1.165) is 22.3 Å². The highest BCUT2D eigenvalue weighted by Crippen LogP contribution is 2.22. The van der Waals surface area contributed by atoms with Crippen LogP contribution in [0.4, 0.5) is 5.69 Å². The third-order valence-corrected chi connectivity index (χ3v) is 2.95. The molecular formula is C15H13N3. The third kappa shape index (κ3) is 1.80. The molecule has 3 nitrogen and oxygen atoms in total. The standard InChI is InChI=1S/C15H13N3/c1-10-5-7-11(8-6-10)14-9-17-15-12(16)3-2-4-13(15)18-14/h2-9H,16H2,1H3. The van der Waals surface area contributed by atoms with Crippen LogP contribution < -0.4 is 5.73 Å². The SMILES string of the molecule is Cc1ccc(-c2cnc3c(N)cccc3n2)cc1. The summed E-state index contributed by atoms with van der Waals surface area (Å²) < 4.78 is 0. The van der Waals surface area contributed by atoms with Gasteiger partial charge in [-0.2, -0.15) is 0 Å². The van der Waals surface area contributed by atoms with Gasteiger partial charge < -0.3 is 5.73 Å². The lowest BCUT2D eigenvalue weighted by molar-refractivity contribution is 1.29. The summed E-state index contributed by atoms with van der Waals surface area (Å²) in [6, 6.07) is 13.9. The van der Waals surface area contributed by atoms with Crippen molar-refractivity contribution in [3.05, 3.63) is 54.2 Å². The van der Waals surface area contributed by atoms with E-state index in [-0.39, 0.29) is 0 Å². The van der Waals surface area contributed by atoms with Crippen LogP contribution in [0.5, 0.6) is 0 Å². The Kier molecular flexibility index (Phi) is 2.45. The summed E-state index contributed by atoms with van der Waals surface area (Å²) in [6.07, 6.45) is 1.77. The maximum Gasteiger partial charge on any atom is 0.112 e. The van der Waals surface area contributed by atoms with Crippen LogP contribution in [0.25, 0.3) is 22.3 Å². The van der Waals surface area contributed by atoms with Crippen molar-refractivity contribution in [2.75, 3.05) is 5.73 Å². The van der Waals surface area contributed by atoms with Gasteiger partial charge in [0.1, 0.15) is 5.52 Å². The van der Waals surface area contributed by atoms with Crippen molar-refractivity contribution < 1.29 is 0 Å². The van der Waals surface area contributed by atoms with Crippen molar-refractivity contribution in [2.45, 2.75) is 6.92 Å². The van der Waals surface area contributed by atoms with E-state index >= 15 is 0 Å². The van der Waals surface area contributed by atoms with Crippen LogP contribution in [-0.4, -0.2) is 9.97 Å². The van der Waals surface area contributed by atoms with E-state index in [2.05, 4.69) is 41.2 Å². The molecule has 1 heterocycles. The van der Waals surface area contributed by atoms with Crippen molar-refractivity contribution in [1.82, 2.24) is 9.97 Å². The molecule has 0 bridgehead atoms. The minimum Gasteiger partial charge on any atom is -0.397 e. The number of rotatable bonds is 1. The van der Waals surface area contributed by atoms with E-state index in [0.29, 0.717) is 5.69 Å². The van der Waals surface area contributed by atoms with Gasteiger partial charge in [0.25, 0.3) is 0 Å². The molecule has 2 N–H and O–H groups in total. The van der Waals surface area contributed by atoms with Crippen LogP contribution in [0, 0.1) is 6.92 Å². The number of nitrogen functional groups attached to an aromatic ring is 1. The first-order valence-electron chi connectivity index (χ1n) is 5.82. The molecule has 18 heavy (non-hydrogen) atoms. The largest absolute Gasteiger partial charge is 0.397 e. The van der Waals surface area contributed by atoms with Gasteiger partial charge in [-0.1, -0.05) is 35.9 Å². The van der Waals surface area contributed by atoms with Crippen molar-refractivity contribution in [3.8, 4) is 11.3 Å². The summed E-state index contributed by atoms with van der Waals surface area (Å²) in [6.45, 7) is 2.07. The van der Waals surface area contributed by atoms with Crippen molar-refractivity contribution in [3.63, 3.8) is 0 Å². The number of benzene rings is 2. The van der Waals surface area contributed by atoms with E-state index in [4.69, 9.17) is 5.73 Å². The van der Waals surface area contributed by atoms with Crippen LogP contribution in [0.2, 0.25) is 0 Å². The zero-order valence-electron chi connectivity index (χ0n) is 10.1. The number of anilines is 1. The van der Waals surface area contributed by atoms with Gasteiger partial charge in [0.2, 0.25) is 0 Å². The molecule has 3 aromatic rings. The molecule has 0 fully saturated rings. The minimum atomic E-state index is 0.662. The third-order valence-electron chi connectivity index (χ3n) is 2.95. The molecule has 0 saturated heterocycles. The smallest absolute Gasteiger partial charge is 0.112 e. The topological polar surface area (TPSA) is 51.8 Å². The van der Waals surface area contributed by atoms with Crippen LogP contribution >= 0.6 is 0 Å². The molecule has 0 aliphatic rings. The second-order valence-corrected chi connectivity index (χ2v) is 4.34. The normalized spacial score (nSPS) is 10.7. The molecule has 0 unspecified atom stereocenters. The van der Waals surface area contributed by atoms with Gasteiger partial charge in [0, 0.05) is 5.56 Å². The fourth-order valence-electron chi connectivity index (χ4n) is 1.93. The summed E-state index contributed by atoms with van der Waals surface area (Å²) >= 11 is 0. The van der Waals surface area contributed by atoms with Crippen molar-refractivity contribution >= 4 is 16.7 Å². The number of hydrogen-bond acceptors (Lipinski definition) is 3. The minimum absolute atomic E-state index is 0.662. The Morgan fingerprint density at radius 2 is 1.78 bits per heavy atom. The number of para-hydroxylation sites is 1. The van der Waals surface area contributed by atoms with Crippen LogP contribution in [0.15, 0.2) is 48.7 Å². The molecule has 1 aromatic heterocycles. The summed E-state index contributed by atoms with van der Waals surface area (Å²) in [5, 5.41) is 0. The monoisotopic (exact) mass is 235 g/mol. The first-order valence-corrected chi connectivity index (χ1v) is 5.82.